The van der Waals surface area contributed by atoms with Crippen LogP contribution in [0.25, 0.3) is 0 Å². The maximum absolute atomic E-state index is 11.7. The van der Waals surface area contributed by atoms with Crippen LogP contribution in [-0.4, -0.2) is 25.2 Å². The highest BCUT2D eigenvalue weighted by atomic mass is 127. The SMILES string of the molecule is CCCOC(=O)CCCOC(=O)c1cccc(I)c1. The number of carbonyl (C=O) groups excluding carboxylic acids is 2. The molecule has 0 aliphatic rings. The maximum Gasteiger partial charge on any atom is 0.338 e. The number of esters is 2. The van der Waals surface area contributed by atoms with Gasteiger partial charge >= 0.3 is 11.9 Å². The molecule has 0 saturated heterocycles. The number of hydrogen-bond acceptors (Lipinski definition) is 4. The molecule has 0 aliphatic heterocycles. The van der Waals surface area contributed by atoms with Gasteiger partial charge in [0.1, 0.15) is 0 Å². The zero-order valence-electron chi connectivity index (χ0n) is 10.9. The molecular formula is C14H17IO4. The maximum atomic E-state index is 11.7. The molecule has 0 N–H and O–H groups in total. The topological polar surface area (TPSA) is 52.6 Å². The van der Waals surface area contributed by atoms with Crippen molar-refractivity contribution in [1.29, 1.82) is 0 Å². The summed E-state index contributed by atoms with van der Waals surface area (Å²) in [5, 5.41) is 0. The van der Waals surface area contributed by atoms with E-state index >= 15 is 0 Å². The highest BCUT2D eigenvalue weighted by Gasteiger charge is 2.08. The minimum atomic E-state index is -0.361. The van der Waals surface area contributed by atoms with Crippen molar-refractivity contribution < 1.29 is 19.1 Å². The lowest BCUT2D eigenvalue weighted by Crippen LogP contribution is -2.10. The summed E-state index contributed by atoms with van der Waals surface area (Å²) in [5.41, 5.74) is 0.528. The lowest BCUT2D eigenvalue weighted by Gasteiger charge is -2.05. The van der Waals surface area contributed by atoms with E-state index in [4.69, 9.17) is 9.47 Å². The molecule has 0 spiro atoms. The van der Waals surface area contributed by atoms with Crippen LogP contribution in [0.5, 0.6) is 0 Å². The summed E-state index contributed by atoms with van der Waals surface area (Å²) in [6, 6.07) is 7.18. The van der Waals surface area contributed by atoms with Gasteiger partial charge in [-0.3, -0.25) is 4.79 Å². The summed E-state index contributed by atoms with van der Waals surface area (Å²) in [6.07, 6.45) is 1.57. The Morgan fingerprint density at radius 1 is 1.21 bits per heavy atom. The van der Waals surface area contributed by atoms with Crippen LogP contribution < -0.4 is 0 Å². The van der Waals surface area contributed by atoms with Gasteiger partial charge in [-0.15, -0.1) is 0 Å². The third kappa shape index (κ3) is 6.56. The normalized spacial score (nSPS) is 10.0. The fourth-order valence-corrected chi connectivity index (χ4v) is 1.91. The molecule has 0 unspecified atom stereocenters. The monoisotopic (exact) mass is 376 g/mol. The zero-order chi connectivity index (χ0) is 14.1. The zero-order valence-corrected chi connectivity index (χ0v) is 13.0. The molecule has 1 aromatic carbocycles. The predicted molar refractivity (Wildman–Crippen MR) is 79.9 cm³/mol. The highest BCUT2D eigenvalue weighted by molar-refractivity contribution is 14.1. The van der Waals surface area contributed by atoms with Crippen molar-refractivity contribution >= 4 is 34.5 Å². The van der Waals surface area contributed by atoms with Crippen LogP contribution in [0.15, 0.2) is 24.3 Å². The van der Waals surface area contributed by atoms with Crippen LogP contribution in [0, 0.1) is 3.57 Å². The average Bonchev–Trinajstić information content (AvgIpc) is 2.41. The van der Waals surface area contributed by atoms with Gasteiger partial charge in [0, 0.05) is 9.99 Å². The Hall–Kier alpha value is -1.11. The molecule has 0 atom stereocenters. The van der Waals surface area contributed by atoms with Gasteiger partial charge in [0.15, 0.2) is 0 Å². The molecule has 0 amide bonds. The second-order valence-corrected chi connectivity index (χ2v) is 5.22. The van der Waals surface area contributed by atoms with E-state index in [-0.39, 0.29) is 25.0 Å². The molecule has 0 saturated carbocycles. The Morgan fingerprint density at radius 2 is 2.00 bits per heavy atom. The minimum absolute atomic E-state index is 0.228. The molecular weight excluding hydrogens is 359 g/mol. The summed E-state index contributed by atoms with van der Waals surface area (Å²) in [4.78, 5) is 22.9. The molecule has 0 aromatic heterocycles. The molecule has 1 rings (SSSR count). The van der Waals surface area contributed by atoms with Crippen molar-refractivity contribution in [3.63, 3.8) is 0 Å². The van der Waals surface area contributed by atoms with Gasteiger partial charge in [-0.2, -0.15) is 0 Å². The summed E-state index contributed by atoms with van der Waals surface area (Å²) >= 11 is 2.14. The number of hydrogen-bond donors (Lipinski definition) is 0. The minimum Gasteiger partial charge on any atom is -0.466 e. The quantitative estimate of drug-likeness (QED) is 0.417. The van der Waals surface area contributed by atoms with E-state index in [1.807, 2.05) is 13.0 Å². The summed E-state index contributed by atoms with van der Waals surface area (Å²) < 4.78 is 11.0. The lowest BCUT2D eigenvalue weighted by atomic mass is 10.2. The van der Waals surface area contributed by atoms with Gasteiger partial charge in [0.25, 0.3) is 0 Å². The van der Waals surface area contributed by atoms with Crippen molar-refractivity contribution in [3.05, 3.63) is 33.4 Å². The molecule has 104 valence electrons. The van der Waals surface area contributed by atoms with E-state index in [0.29, 0.717) is 18.6 Å². The first-order valence-electron chi connectivity index (χ1n) is 6.21. The van der Waals surface area contributed by atoms with E-state index < -0.39 is 0 Å². The Kier molecular flexibility index (Phi) is 7.47. The fourth-order valence-electron chi connectivity index (χ4n) is 1.37. The fraction of sp³-hybridized carbons (Fsp3) is 0.429. The highest BCUT2D eigenvalue weighted by Crippen LogP contribution is 2.09. The number of ether oxygens (including phenoxy) is 2. The third-order valence-corrected chi connectivity index (χ3v) is 2.96. The van der Waals surface area contributed by atoms with Crippen LogP contribution in [0.2, 0.25) is 0 Å². The lowest BCUT2D eigenvalue weighted by molar-refractivity contribution is -0.143. The van der Waals surface area contributed by atoms with E-state index in [1.165, 1.54) is 0 Å². The summed E-state index contributed by atoms with van der Waals surface area (Å²) in [7, 11) is 0. The number of halogens is 1. The first-order chi connectivity index (χ1) is 9.13. The van der Waals surface area contributed by atoms with E-state index in [0.717, 1.165) is 9.99 Å². The molecule has 4 nitrogen and oxygen atoms in total. The standard InChI is InChI=1S/C14H17IO4/c1-2-8-18-13(16)7-4-9-19-14(17)11-5-3-6-12(15)10-11/h3,5-6,10H,2,4,7-9H2,1H3. The molecule has 0 radical (unpaired) electrons. The average molecular weight is 376 g/mol. The summed E-state index contributed by atoms with van der Waals surface area (Å²) in [6.45, 7) is 2.61. The second-order valence-electron chi connectivity index (χ2n) is 3.97. The van der Waals surface area contributed by atoms with E-state index in [2.05, 4.69) is 22.6 Å². The van der Waals surface area contributed by atoms with Crippen molar-refractivity contribution in [2.24, 2.45) is 0 Å². The van der Waals surface area contributed by atoms with Crippen LogP contribution in [0.1, 0.15) is 36.5 Å². The Bertz CT molecular complexity index is 431. The number of benzene rings is 1. The van der Waals surface area contributed by atoms with Crippen molar-refractivity contribution in [2.45, 2.75) is 26.2 Å². The Balaban J connectivity index is 2.22. The second kappa shape index (κ2) is 8.90. The van der Waals surface area contributed by atoms with Crippen molar-refractivity contribution in [3.8, 4) is 0 Å². The molecule has 19 heavy (non-hydrogen) atoms. The Labute approximate surface area is 126 Å². The van der Waals surface area contributed by atoms with Gasteiger partial charge in [-0.05, 0) is 53.6 Å². The largest absolute Gasteiger partial charge is 0.466 e. The first kappa shape index (κ1) is 15.9. The molecule has 1 aromatic rings. The number of rotatable bonds is 7. The smallest absolute Gasteiger partial charge is 0.338 e. The van der Waals surface area contributed by atoms with Crippen LogP contribution in [0.4, 0.5) is 0 Å². The van der Waals surface area contributed by atoms with Gasteiger partial charge in [-0.1, -0.05) is 13.0 Å². The predicted octanol–water partition coefficient (Wildman–Crippen LogP) is 3.18. The van der Waals surface area contributed by atoms with Gasteiger partial charge < -0.3 is 9.47 Å². The van der Waals surface area contributed by atoms with E-state index in [9.17, 15) is 9.59 Å². The molecule has 0 aliphatic carbocycles. The van der Waals surface area contributed by atoms with Crippen molar-refractivity contribution in [1.82, 2.24) is 0 Å². The number of carbonyl (C=O) groups is 2. The van der Waals surface area contributed by atoms with E-state index in [1.54, 1.807) is 18.2 Å². The molecule has 0 heterocycles. The molecule has 0 bridgehead atoms. The van der Waals surface area contributed by atoms with Crippen molar-refractivity contribution in [2.75, 3.05) is 13.2 Å². The van der Waals surface area contributed by atoms with Gasteiger partial charge in [0.2, 0.25) is 0 Å². The van der Waals surface area contributed by atoms with Crippen LogP contribution >= 0.6 is 22.6 Å². The van der Waals surface area contributed by atoms with Gasteiger partial charge in [-0.25, -0.2) is 4.79 Å². The van der Waals surface area contributed by atoms with Gasteiger partial charge in [0.05, 0.1) is 18.8 Å². The summed E-state index contributed by atoms with van der Waals surface area (Å²) in [5.74, 6) is -0.604. The van der Waals surface area contributed by atoms with Crippen LogP contribution in [0.3, 0.4) is 0 Å². The first-order valence-corrected chi connectivity index (χ1v) is 7.29. The Morgan fingerprint density at radius 3 is 2.68 bits per heavy atom. The van der Waals surface area contributed by atoms with Crippen LogP contribution in [-0.2, 0) is 14.3 Å². The molecule has 5 heteroatoms. The third-order valence-electron chi connectivity index (χ3n) is 2.29. The molecule has 0 fully saturated rings.